The Morgan fingerprint density at radius 3 is 2.94 bits per heavy atom. The first-order valence-electron chi connectivity index (χ1n) is 4.56. The highest BCUT2D eigenvalue weighted by Gasteiger charge is 2.03. The summed E-state index contributed by atoms with van der Waals surface area (Å²) in [5, 5.41) is 1.43. The summed E-state index contributed by atoms with van der Waals surface area (Å²) in [4.78, 5) is 23.9. The third-order valence-corrected chi connectivity index (χ3v) is 2.25. The molecule has 0 unspecified atom stereocenters. The van der Waals surface area contributed by atoms with Gasteiger partial charge in [-0.15, -0.1) is 0 Å². The summed E-state index contributed by atoms with van der Waals surface area (Å²) in [5.41, 5.74) is 0.678. The van der Waals surface area contributed by atoms with Gasteiger partial charge in [0.1, 0.15) is 0 Å². The van der Waals surface area contributed by atoms with Crippen molar-refractivity contribution in [2.75, 3.05) is 0 Å². The molecule has 1 aromatic heterocycles. The van der Waals surface area contributed by atoms with Crippen molar-refractivity contribution >= 4 is 28.5 Å². The number of hydrogen-bond acceptors (Lipinski definition) is 4. The minimum absolute atomic E-state index is 0.400. The molecule has 5 heteroatoms. The highest BCUT2D eigenvalue weighted by atomic mass is 35.5. The zero-order chi connectivity index (χ0) is 11.5. The number of carbonyl (C=O) groups excluding carboxylic acids is 1. The van der Waals surface area contributed by atoms with Gasteiger partial charge in [-0.3, -0.25) is 14.8 Å². The molecule has 1 aromatic carbocycles. The number of pyridine rings is 1. The van der Waals surface area contributed by atoms with Crippen molar-refractivity contribution in [3.8, 4) is 5.75 Å². The van der Waals surface area contributed by atoms with E-state index in [1.807, 2.05) is 0 Å². The van der Waals surface area contributed by atoms with Gasteiger partial charge in [-0.2, -0.15) is 0 Å². The van der Waals surface area contributed by atoms with Crippen LogP contribution < -0.4 is 4.89 Å². The fourth-order valence-electron chi connectivity index (χ4n) is 1.25. The zero-order valence-corrected chi connectivity index (χ0v) is 9.19. The van der Waals surface area contributed by atoms with Crippen LogP contribution in [0.2, 0.25) is 5.02 Å². The van der Waals surface area contributed by atoms with Gasteiger partial charge in [-0.25, -0.2) is 4.79 Å². The van der Waals surface area contributed by atoms with Gasteiger partial charge in [-0.05, 0) is 18.2 Å². The van der Waals surface area contributed by atoms with Crippen LogP contribution in [0.1, 0.15) is 6.92 Å². The SMILES string of the molecule is CC(=O)OOc1ccc2c(Cl)ccnc2c1. The highest BCUT2D eigenvalue weighted by Crippen LogP contribution is 2.25. The Kier molecular flexibility index (Phi) is 2.92. The van der Waals surface area contributed by atoms with Crippen LogP contribution in [0.3, 0.4) is 0 Å². The van der Waals surface area contributed by atoms with E-state index in [1.165, 1.54) is 6.92 Å². The molecule has 0 bridgehead atoms. The van der Waals surface area contributed by atoms with Crippen LogP contribution in [0.25, 0.3) is 10.9 Å². The van der Waals surface area contributed by atoms with Crippen molar-refractivity contribution in [1.29, 1.82) is 0 Å². The van der Waals surface area contributed by atoms with Crippen molar-refractivity contribution in [3.63, 3.8) is 0 Å². The molecule has 0 amide bonds. The van der Waals surface area contributed by atoms with E-state index in [1.54, 1.807) is 30.5 Å². The van der Waals surface area contributed by atoms with E-state index in [0.29, 0.717) is 16.3 Å². The Hall–Kier alpha value is -1.81. The lowest BCUT2D eigenvalue weighted by Crippen LogP contribution is -2.02. The molecule has 82 valence electrons. The molecule has 0 spiro atoms. The maximum Gasteiger partial charge on any atom is 0.352 e. The molecule has 0 saturated heterocycles. The van der Waals surface area contributed by atoms with E-state index in [0.717, 1.165) is 5.39 Å². The molecular weight excluding hydrogens is 230 g/mol. The Bertz CT molecular complexity index is 542. The monoisotopic (exact) mass is 237 g/mol. The summed E-state index contributed by atoms with van der Waals surface area (Å²) < 4.78 is 0. The molecule has 2 aromatic rings. The zero-order valence-electron chi connectivity index (χ0n) is 8.44. The average molecular weight is 238 g/mol. The molecule has 0 saturated carbocycles. The fraction of sp³-hybridized carbons (Fsp3) is 0.0909. The first-order valence-corrected chi connectivity index (χ1v) is 4.94. The molecule has 4 nitrogen and oxygen atoms in total. The minimum Gasteiger partial charge on any atom is -0.287 e. The lowest BCUT2D eigenvalue weighted by atomic mass is 10.2. The highest BCUT2D eigenvalue weighted by molar-refractivity contribution is 6.35. The van der Waals surface area contributed by atoms with Crippen LogP contribution in [0.15, 0.2) is 30.5 Å². The second-order valence-corrected chi connectivity index (χ2v) is 3.54. The van der Waals surface area contributed by atoms with Gasteiger partial charge in [0.05, 0.1) is 10.5 Å². The topological polar surface area (TPSA) is 48.4 Å². The fourth-order valence-corrected chi connectivity index (χ4v) is 1.47. The van der Waals surface area contributed by atoms with E-state index >= 15 is 0 Å². The first kappa shape index (κ1) is 10.7. The Labute approximate surface area is 96.7 Å². The van der Waals surface area contributed by atoms with Crippen molar-refractivity contribution in [2.45, 2.75) is 6.92 Å². The quantitative estimate of drug-likeness (QED) is 0.595. The van der Waals surface area contributed by atoms with Gasteiger partial charge < -0.3 is 0 Å². The van der Waals surface area contributed by atoms with Gasteiger partial charge in [0.2, 0.25) is 0 Å². The lowest BCUT2D eigenvalue weighted by Gasteiger charge is -2.04. The molecule has 2 rings (SSSR count). The van der Waals surface area contributed by atoms with Crippen LogP contribution in [0.5, 0.6) is 5.75 Å². The van der Waals surface area contributed by atoms with Crippen LogP contribution in [0, 0.1) is 0 Å². The molecule has 0 N–H and O–H groups in total. The summed E-state index contributed by atoms with van der Waals surface area (Å²) >= 11 is 5.97. The van der Waals surface area contributed by atoms with Crippen molar-refractivity contribution in [2.24, 2.45) is 0 Å². The van der Waals surface area contributed by atoms with Crippen molar-refractivity contribution in [1.82, 2.24) is 4.98 Å². The van der Waals surface area contributed by atoms with E-state index < -0.39 is 5.97 Å². The maximum absolute atomic E-state index is 10.6. The second-order valence-electron chi connectivity index (χ2n) is 3.13. The molecule has 1 heterocycles. The van der Waals surface area contributed by atoms with Crippen LogP contribution >= 0.6 is 11.6 Å². The summed E-state index contributed by atoms with van der Waals surface area (Å²) in [6.45, 7) is 1.26. The molecule has 0 radical (unpaired) electrons. The molecule has 0 atom stereocenters. The number of rotatable bonds is 2. The Balaban J connectivity index is 2.33. The second kappa shape index (κ2) is 4.37. The summed E-state index contributed by atoms with van der Waals surface area (Å²) in [6, 6.07) is 6.75. The van der Waals surface area contributed by atoms with E-state index in [2.05, 4.69) is 9.87 Å². The maximum atomic E-state index is 10.6. The molecule has 0 aliphatic rings. The van der Waals surface area contributed by atoms with Crippen LogP contribution in [-0.4, -0.2) is 11.0 Å². The third-order valence-electron chi connectivity index (χ3n) is 1.92. The summed E-state index contributed by atoms with van der Waals surface area (Å²) in [7, 11) is 0. The number of nitrogens with zero attached hydrogens (tertiary/aromatic N) is 1. The van der Waals surface area contributed by atoms with Gasteiger partial charge >= 0.3 is 5.97 Å². The predicted octanol–water partition coefficient (Wildman–Crippen LogP) is 2.75. The first-order chi connectivity index (χ1) is 7.66. The minimum atomic E-state index is -0.515. The van der Waals surface area contributed by atoms with Gasteiger partial charge in [0.15, 0.2) is 5.75 Å². The number of aromatic nitrogens is 1. The van der Waals surface area contributed by atoms with E-state index in [4.69, 9.17) is 16.5 Å². The predicted molar refractivity (Wildman–Crippen MR) is 59.1 cm³/mol. The molecule has 0 aliphatic heterocycles. The van der Waals surface area contributed by atoms with Gasteiger partial charge in [-0.1, -0.05) is 11.6 Å². The largest absolute Gasteiger partial charge is 0.352 e. The van der Waals surface area contributed by atoms with Crippen molar-refractivity contribution < 1.29 is 14.6 Å². The molecule has 16 heavy (non-hydrogen) atoms. The summed E-state index contributed by atoms with van der Waals surface area (Å²) in [6.07, 6.45) is 1.60. The number of fused-ring (bicyclic) bond motifs is 1. The average Bonchev–Trinajstić information content (AvgIpc) is 2.26. The number of carbonyl (C=O) groups is 1. The van der Waals surface area contributed by atoms with Gasteiger partial charge in [0.25, 0.3) is 0 Å². The third kappa shape index (κ3) is 2.23. The smallest absolute Gasteiger partial charge is 0.287 e. The van der Waals surface area contributed by atoms with Crippen LogP contribution in [0.4, 0.5) is 0 Å². The Morgan fingerprint density at radius 2 is 2.19 bits per heavy atom. The van der Waals surface area contributed by atoms with Crippen molar-refractivity contribution in [3.05, 3.63) is 35.5 Å². The summed E-state index contributed by atoms with van der Waals surface area (Å²) in [5.74, 6) is -0.114. The molecular formula is C11H8ClNO3. The number of benzene rings is 1. The number of hydrogen-bond donors (Lipinski definition) is 0. The normalized spacial score (nSPS) is 10.1. The van der Waals surface area contributed by atoms with Crippen LogP contribution in [-0.2, 0) is 9.68 Å². The van der Waals surface area contributed by atoms with E-state index in [-0.39, 0.29) is 0 Å². The number of halogens is 1. The van der Waals surface area contributed by atoms with Gasteiger partial charge in [0, 0.05) is 24.6 Å². The lowest BCUT2D eigenvalue weighted by molar-refractivity contribution is -0.210. The standard InChI is InChI=1S/C11H8ClNO3/c1-7(14)15-16-8-2-3-9-10(12)4-5-13-11(9)6-8/h2-6H,1H3. The molecule has 0 aliphatic carbocycles. The molecule has 0 fully saturated rings. The van der Waals surface area contributed by atoms with E-state index in [9.17, 15) is 4.79 Å². The Morgan fingerprint density at radius 1 is 1.38 bits per heavy atom.